The lowest BCUT2D eigenvalue weighted by Gasteiger charge is -2.14. The largest absolute Gasteiger partial charge is 0.484 e. The first-order valence-corrected chi connectivity index (χ1v) is 8.81. The monoisotopic (exact) mass is 406 g/mol. The predicted molar refractivity (Wildman–Crippen MR) is 109 cm³/mol. The van der Waals surface area contributed by atoms with Crippen molar-refractivity contribution in [2.24, 2.45) is 0 Å². The van der Waals surface area contributed by atoms with Crippen LogP contribution in [0, 0.1) is 20.8 Å². The minimum atomic E-state index is -1.03. The Morgan fingerprint density at radius 3 is 2.41 bits per heavy atom. The van der Waals surface area contributed by atoms with Gasteiger partial charge in [0.05, 0.1) is 5.56 Å². The molecule has 3 N–H and O–H groups in total. The molecule has 6 nitrogen and oxygen atoms in total. The van der Waals surface area contributed by atoms with Crippen LogP contribution < -0.4 is 15.4 Å². The third kappa shape index (κ3) is 5.42. The van der Waals surface area contributed by atoms with Crippen molar-refractivity contribution in [1.82, 2.24) is 5.32 Å². The summed E-state index contributed by atoms with van der Waals surface area (Å²) in [6.07, 6.45) is 0. The molecule has 0 heterocycles. The maximum absolute atomic E-state index is 12.0. The number of ether oxygens (including phenoxy) is 1. The third-order valence-corrected chi connectivity index (χ3v) is 4.65. The van der Waals surface area contributed by atoms with Crippen LogP contribution in [0.25, 0.3) is 0 Å². The molecular formula is C19H19ClN2O4S. The molecule has 0 saturated carbocycles. The molecule has 2 aromatic rings. The number of carbonyl (C=O) groups excluding carboxylic acids is 1. The van der Waals surface area contributed by atoms with Crippen LogP contribution in [-0.4, -0.2) is 28.7 Å². The Hall–Kier alpha value is -2.64. The van der Waals surface area contributed by atoms with Gasteiger partial charge in [0.15, 0.2) is 11.7 Å². The van der Waals surface area contributed by atoms with Crippen molar-refractivity contribution in [3.8, 4) is 5.75 Å². The number of rotatable bonds is 5. The lowest BCUT2D eigenvalue weighted by molar-refractivity contribution is -0.121. The van der Waals surface area contributed by atoms with Crippen LogP contribution in [0.2, 0.25) is 5.02 Å². The lowest BCUT2D eigenvalue weighted by Crippen LogP contribution is -2.37. The minimum absolute atomic E-state index is 0.0534. The first kappa shape index (κ1) is 20.7. The van der Waals surface area contributed by atoms with Gasteiger partial charge in [0.2, 0.25) is 0 Å². The van der Waals surface area contributed by atoms with E-state index in [0.717, 1.165) is 11.1 Å². The summed E-state index contributed by atoms with van der Waals surface area (Å²) < 4.78 is 5.47. The fraction of sp³-hybridized carbons (Fsp3) is 0.211. The van der Waals surface area contributed by atoms with Gasteiger partial charge in [0, 0.05) is 10.7 Å². The SMILES string of the molecule is Cc1cc(OCC(=O)NC(=S)Nc2cccc(C(=O)O)c2C)cc(C)c1Cl. The van der Waals surface area contributed by atoms with Crippen LogP contribution in [0.5, 0.6) is 5.75 Å². The average Bonchev–Trinajstić information content (AvgIpc) is 2.59. The van der Waals surface area contributed by atoms with E-state index >= 15 is 0 Å². The van der Waals surface area contributed by atoms with Crippen molar-refractivity contribution >= 4 is 46.5 Å². The molecule has 0 spiro atoms. The van der Waals surface area contributed by atoms with E-state index in [-0.39, 0.29) is 17.3 Å². The van der Waals surface area contributed by atoms with Gasteiger partial charge in [-0.2, -0.15) is 0 Å². The van der Waals surface area contributed by atoms with Gasteiger partial charge in [0.1, 0.15) is 5.75 Å². The highest BCUT2D eigenvalue weighted by Crippen LogP contribution is 2.25. The Morgan fingerprint density at radius 1 is 1.19 bits per heavy atom. The number of thiocarbonyl (C=S) groups is 1. The van der Waals surface area contributed by atoms with Crippen molar-refractivity contribution in [1.29, 1.82) is 0 Å². The molecular weight excluding hydrogens is 388 g/mol. The lowest BCUT2D eigenvalue weighted by atomic mass is 10.1. The highest BCUT2D eigenvalue weighted by Gasteiger charge is 2.12. The second-order valence-electron chi connectivity index (χ2n) is 5.95. The average molecular weight is 407 g/mol. The highest BCUT2D eigenvalue weighted by molar-refractivity contribution is 7.80. The fourth-order valence-electron chi connectivity index (χ4n) is 2.46. The number of amides is 1. The summed E-state index contributed by atoms with van der Waals surface area (Å²) >= 11 is 11.2. The first-order valence-electron chi connectivity index (χ1n) is 8.02. The molecule has 2 aromatic carbocycles. The molecule has 27 heavy (non-hydrogen) atoms. The summed E-state index contributed by atoms with van der Waals surface area (Å²) in [6.45, 7) is 5.14. The van der Waals surface area contributed by atoms with Crippen molar-refractivity contribution in [2.75, 3.05) is 11.9 Å². The highest BCUT2D eigenvalue weighted by atomic mass is 35.5. The molecule has 8 heteroatoms. The number of carboxylic acids is 1. The summed E-state index contributed by atoms with van der Waals surface area (Å²) in [5.41, 5.74) is 2.90. The number of halogens is 1. The van der Waals surface area contributed by atoms with Crippen LogP contribution in [-0.2, 0) is 4.79 Å². The number of carboxylic acid groups (broad SMARTS) is 1. The second-order valence-corrected chi connectivity index (χ2v) is 6.73. The Morgan fingerprint density at radius 2 is 1.81 bits per heavy atom. The summed E-state index contributed by atoms with van der Waals surface area (Å²) in [6, 6.07) is 8.27. The molecule has 2 rings (SSSR count). The normalized spacial score (nSPS) is 10.2. The Kier molecular flexibility index (Phi) is 6.76. The van der Waals surface area contributed by atoms with E-state index < -0.39 is 11.9 Å². The second kappa shape index (κ2) is 8.83. The molecule has 0 aromatic heterocycles. The van der Waals surface area contributed by atoms with E-state index in [1.54, 1.807) is 31.2 Å². The van der Waals surface area contributed by atoms with Gasteiger partial charge in [-0.05, 0) is 73.9 Å². The van der Waals surface area contributed by atoms with Crippen molar-refractivity contribution in [3.05, 3.63) is 57.6 Å². The molecule has 142 valence electrons. The smallest absolute Gasteiger partial charge is 0.336 e. The van der Waals surface area contributed by atoms with E-state index in [0.29, 0.717) is 22.0 Å². The van der Waals surface area contributed by atoms with Crippen LogP contribution in [0.15, 0.2) is 30.3 Å². The molecule has 0 aliphatic carbocycles. The number of hydrogen-bond donors (Lipinski definition) is 3. The fourth-order valence-corrected chi connectivity index (χ4v) is 2.79. The molecule has 0 bridgehead atoms. The minimum Gasteiger partial charge on any atom is -0.484 e. The van der Waals surface area contributed by atoms with E-state index in [1.165, 1.54) is 6.07 Å². The van der Waals surface area contributed by atoms with Gasteiger partial charge in [-0.25, -0.2) is 4.79 Å². The third-order valence-electron chi connectivity index (χ3n) is 3.85. The summed E-state index contributed by atoms with van der Waals surface area (Å²) in [4.78, 5) is 23.2. The number of hydrogen-bond acceptors (Lipinski definition) is 4. The molecule has 0 unspecified atom stereocenters. The zero-order valence-electron chi connectivity index (χ0n) is 15.1. The molecule has 0 atom stereocenters. The number of carbonyl (C=O) groups is 2. The Bertz CT molecular complexity index is 892. The Balaban J connectivity index is 1.94. The molecule has 0 fully saturated rings. The standard InChI is InChI=1S/C19H19ClN2O4S/c1-10-7-13(8-11(2)17(10)20)26-9-16(23)22-19(27)21-15-6-4-5-14(12(15)3)18(24)25/h4-8H,9H2,1-3H3,(H,24,25)(H2,21,22,23,27). The number of aryl methyl sites for hydroxylation is 2. The van der Waals surface area contributed by atoms with E-state index in [2.05, 4.69) is 10.6 Å². The number of aromatic carboxylic acids is 1. The van der Waals surface area contributed by atoms with Crippen LogP contribution in [0.4, 0.5) is 5.69 Å². The van der Waals surface area contributed by atoms with Gasteiger partial charge in [-0.1, -0.05) is 17.7 Å². The molecule has 1 amide bonds. The zero-order chi connectivity index (χ0) is 20.1. The number of anilines is 1. The molecule has 0 aliphatic heterocycles. The van der Waals surface area contributed by atoms with Gasteiger partial charge in [0.25, 0.3) is 5.91 Å². The van der Waals surface area contributed by atoms with Crippen LogP contribution >= 0.6 is 23.8 Å². The number of benzene rings is 2. The van der Waals surface area contributed by atoms with Crippen molar-refractivity contribution < 1.29 is 19.4 Å². The van der Waals surface area contributed by atoms with E-state index in [4.69, 9.17) is 33.7 Å². The zero-order valence-corrected chi connectivity index (χ0v) is 16.6. The first-order chi connectivity index (χ1) is 12.7. The Labute approximate surface area is 167 Å². The van der Waals surface area contributed by atoms with E-state index in [9.17, 15) is 9.59 Å². The topological polar surface area (TPSA) is 87.7 Å². The van der Waals surface area contributed by atoms with Gasteiger partial charge >= 0.3 is 5.97 Å². The number of nitrogens with one attached hydrogen (secondary N) is 2. The van der Waals surface area contributed by atoms with Crippen molar-refractivity contribution in [3.63, 3.8) is 0 Å². The van der Waals surface area contributed by atoms with Gasteiger partial charge in [-0.3, -0.25) is 10.1 Å². The summed E-state index contributed by atoms with van der Waals surface area (Å²) in [5.74, 6) is -0.939. The van der Waals surface area contributed by atoms with Crippen molar-refractivity contribution in [2.45, 2.75) is 20.8 Å². The summed E-state index contributed by atoms with van der Waals surface area (Å²) in [5, 5.41) is 15.2. The molecule has 0 aliphatic rings. The maximum Gasteiger partial charge on any atom is 0.336 e. The predicted octanol–water partition coefficient (Wildman–Crippen LogP) is 3.86. The maximum atomic E-state index is 12.0. The van der Waals surface area contributed by atoms with Gasteiger partial charge < -0.3 is 15.2 Å². The molecule has 0 saturated heterocycles. The van der Waals surface area contributed by atoms with Crippen LogP contribution in [0.1, 0.15) is 27.0 Å². The quantitative estimate of drug-likeness (QED) is 0.653. The van der Waals surface area contributed by atoms with Crippen LogP contribution in [0.3, 0.4) is 0 Å². The van der Waals surface area contributed by atoms with E-state index in [1.807, 2.05) is 13.8 Å². The van der Waals surface area contributed by atoms with Gasteiger partial charge in [-0.15, -0.1) is 0 Å². The summed E-state index contributed by atoms with van der Waals surface area (Å²) in [7, 11) is 0. The molecule has 0 radical (unpaired) electrons.